The second-order valence-electron chi connectivity index (χ2n) is 12.3. The molecular formula is C46H30N2O. The highest BCUT2D eigenvalue weighted by atomic mass is 16.3. The molecule has 9 aromatic rings. The minimum Gasteiger partial charge on any atom is -0.456 e. The van der Waals surface area contributed by atoms with E-state index in [0.717, 1.165) is 77.8 Å². The Bertz CT molecular complexity index is 2510. The summed E-state index contributed by atoms with van der Waals surface area (Å²) >= 11 is 0. The molecule has 0 bridgehead atoms. The smallest absolute Gasteiger partial charge is 0.135 e. The van der Waals surface area contributed by atoms with Gasteiger partial charge in [-0.15, -0.1) is 0 Å². The number of benzene rings is 6. The lowest BCUT2D eigenvalue weighted by molar-refractivity contribution is 0.669. The van der Waals surface area contributed by atoms with Crippen LogP contribution in [0.4, 0.5) is 0 Å². The Morgan fingerprint density at radius 1 is 0.306 bits per heavy atom. The molecule has 0 atom stereocenters. The maximum atomic E-state index is 6.04. The molecule has 0 amide bonds. The zero-order valence-corrected chi connectivity index (χ0v) is 26.6. The van der Waals surface area contributed by atoms with Crippen LogP contribution in [0.5, 0.6) is 0 Å². The van der Waals surface area contributed by atoms with Gasteiger partial charge in [0.05, 0.1) is 11.4 Å². The highest BCUT2D eigenvalue weighted by Crippen LogP contribution is 2.35. The molecule has 0 aliphatic carbocycles. The number of fused-ring (bicyclic) bond motifs is 3. The van der Waals surface area contributed by atoms with E-state index in [1.165, 1.54) is 11.1 Å². The minimum atomic E-state index is 0.896. The normalized spacial score (nSPS) is 11.3. The van der Waals surface area contributed by atoms with Gasteiger partial charge < -0.3 is 4.42 Å². The van der Waals surface area contributed by atoms with Crippen LogP contribution in [0.2, 0.25) is 0 Å². The van der Waals surface area contributed by atoms with Gasteiger partial charge in [-0.1, -0.05) is 133 Å². The Morgan fingerprint density at radius 3 is 1.39 bits per heavy atom. The monoisotopic (exact) mass is 626 g/mol. The molecule has 0 spiro atoms. The number of hydrogen-bond donors (Lipinski definition) is 0. The molecule has 230 valence electrons. The van der Waals surface area contributed by atoms with E-state index in [-0.39, 0.29) is 0 Å². The van der Waals surface area contributed by atoms with Gasteiger partial charge in [0.15, 0.2) is 0 Å². The molecule has 0 saturated carbocycles. The Labute approximate surface area is 284 Å². The zero-order valence-electron chi connectivity index (χ0n) is 26.6. The van der Waals surface area contributed by atoms with Gasteiger partial charge in [0, 0.05) is 45.4 Å². The molecule has 3 heterocycles. The standard InChI is InChI=1S/C46H30N2O/c1-3-9-35(10-4-1)43-27-38(28-44(48-43)36-11-5-2-6-12-36)33-19-15-31(16-20-33)32-17-21-34(22-18-32)39-25-40(30-47-29-39)37-23-24-46-42(26-37)41-13-7-8-14-45(41)49-46/h1-30H. The van der Waals surface area contributed by atoms with Gasteiger partial charge in [-0.2, -0.15) is 0 Å². The zero-order chi connectivity index (χ0) is 32.6. The maximum absolute atomic E-state index is 6.04. The molecule has 3 aromatic heterocycles. The minimum absolute atomic E-state index is 0.896. The van der Waals surface area contributed by atoms with Crippen LogP contribution < -0.4 is 0 Å². The van der Waals surface area contributed by atoms with Crippen molar-refractivity contribution in [2.24, 2.45) is 0 Å². The first-order chi connectivity index (χ1) is 24.2. The summed E-state index contributed by atoms with van der Waals surface area (Å²) in [6.45, 7) is 0. The van der Waals surface area contributed by atoms with Crippen molar-refractivity contribution in [3.05, 3.63) is 182 Å². The van der Waals surface area contributed by atoms with Crippen molar-refractivity contribution in [3.63, 3.8) is 0 Å². The fourth-order valence-corrected chi connectivity index (χ4v) is 6.58. The van der Waals surface area contributed by atoms with E-state index >= 15 is 0 Å². The largest absolute Gasteiger partial charge is 0.456 e. The SMILES string of the molecule is c1ccc(-c2cc(-c3ccc(-c4ccc(-c5cncc(-c6ccc7oc8ccccc8c7c6)c5)cc4)cc3)cc(-c3ccccc3)n2)cc1. The third-order valence-electron chi connectivity index (χ3n) is 9.18. The van der Waals surface area contributed by atoms with Gasteiger partial charge in [-0.25, -0.2) is 4.98 Å². The van der Waals surface area contributed by atoms with Crippen molar-refractivity contribution >= 4 is 21.9 Å². The molecule has 49 heavy (non-hydrogen) atoms. The third-order valence-corrected chi connectivity index (χ3v) is 9.18. The third kappa shape index (κ3) is 5.58. The summed E-state index contributed by atoms with van der Waals surface area (Å²) in [5, 5.41) is 2.24. The molecule has 0 unspecified atom stereocenters. The number of aromatic nitrogens is 2. The van der Waals surface area contributed by atoms with Crippen LogP contribution in [0.25, 0.3) is 89.0 Å². The summed E-state index contributed by atoms with van der Waals surface area (Å²) < 4.78 is 6.04. The number of pyridine rings is 2. The first-order valence-electron chi connectivity index (χ1n) is 16.5. The summed E-state index contributed by atoms with van der Waals surface area (Å²) in [6.07, 6.45) is 3.86. The average molecular weight is 627 g/mol. The maximum Gasteiger partial charge on any atom is 0.135 e. The van der Waals surface area contributed by atoms with Crippen LogP contribution in [0.15, 0.2) is 187 Å². The summed E-state index contributed by atoms with van der Waals surface area (Å²) in [7, 11) is 0. The van der Waals surface area contributed by atoms with Gasteiger partial charge in [-0.3, -0.25) is 4.98 Å². The fraction of sp³-hybridized carbons (Fsp3) is 0. The predicted molar refractivity (Wildman–Crippen MR) is 202 cm³/mol. The van der Waals surface area contributed by atoms with E-state index in [1.807, 2.05) is 42.7 Å². The van der Waals surface area contributed by atoms with Gasteiger partial charge in [-0.05, 0) is 69.8 Å². The van der Waals surface area contributed by atoms with Crippen LogP contribution in [0.1, 0.15) is 0 Å². The molecule has 0 fully saturated rings. The predicted octanol–water partition coefficient (Wildman–Crippen LogP) is 12.4. The van der Waals surface area contributed by atoms with Crippen LogP contribution >= 0.6 is 0 Å². The average Bonchev–Trinajstić information content (AvgIpc) is 3.57. The van der Waals surface area contributed by atoms with Crippen LogP contribution in [-0.4, -0.2) is 9.97 Å². The summed E-state index contributed by atoms with van der Waals surface area (Å²) in [5.74, 6) is 0. The van der Waals surface area contributed by atoms with E-state index in [9.17, 15) is 0 Å². The Morgan fingerprint density at radius 2 is 0.776 bits per heavy atom. The topological polar surface area (TPSA) is 38.9 Å². The molecule has 6 aromatic carbocycles. The summed E-state index contributed by atoms with van der Waals surface area (Å²) in [6, 6.07) is 59.4. The number of nitrogens with zero attached hydrogens (tertiary/aromatic N) is 2. The van der Waals surface area contributed by atoms with Crippen molar-refractivity contribution in [2.45, 2.75) is 0 Å². The van der Waals surface area contributed by atoms with E-state index in [4.69, 9.17) is 9.40 Å². The van der Waals surface area contributed by atoms with E-state index in [1.54, 1.807) is 0 Å². The van der Waals surface area contributed by atoms with Crippen molar-refractivity contribution in [2.75, 3.05) is 0 Å². The van der Waals surface area contributed by atoms with Crippen LogP contribution in [-0.2, 0) is 0 Å². The van der Waals surface area contributed by atoms with Crippen molar-refractivity contribution in [3.8, 4) is 67.0 Å². The van der Waals surface area contributed by atoms with Crippen LogP contribution in [0, 0.1) is 0 Å². The highest BCUT2D eigenvalue weighted by Gasteiger charge is 2.11. The molecule has 0 radical (unpaired) electrons. The lowest BCUT2D eigenvalue weighted by atomic mass is 9.96. The molecule has 0 aliphatic heterocycles. The Hall–Kier alpha value is -6.58. The molecule has 9 rings (SSSR count). The van der Waals surface area contributed by atoms with Gasteiger partial charge in [0.25, 0.3) is 0 Å². The van der Waals surface area contributed by atoms with E-state index in [0.29, 0.717) is 0 Å². The van der Waals surface area contributed by atoms with Crippen molar-refractivity contribution < 1.29 is 4.42 Å². The molecule has 3 heteroatoms. The lowest BCUT2D eigenvalue weighted by Gasteiger charge is -2.11. The summed E-state index contributed by atoms with van der Waals surface area (Å²) in [5.41, 5.74) is 15.0. The second-order valence-corrected chi connectivity index (χ2v) is 12.3. The van der Waals surface area contributed by atoms with Gasteiger partial charge in [0.2, 0.25) is 0 Å². The Balaban J connectivity index is 0.994. The van der Waals surface area contributed by atoms with E-state index < -0.39 is 0 Å². The highest BCUT2D eigenvalue weighted by molar-refractivity contribution is 6.06. The first kappa shape index (κ1) is 28.6. The number of para-hydroxylation sites is 1. The van der Waals surface area contributed by atoms with Crippen molar-refractivity contribution in [1.82, 2.24) is 9.97 Å². The second kappa shape index (κ2) is 12.2. The summed E-state index contributed by atoms with van der Waals surface area (Å²) in [4.78, 5) is 9.64. The Kier molecular flexibility index (Phi) is 7.14. The molecule has 0 saturated heterocycles. The molecule has 0 N–H and O–H groups in total. The number of rotatable bonds is 6. The lowest BCUT2D eigenvalue weighted by Crippen LogP contribution is -1.91. The van der Waals surface area contributed by atoms with Crippen LogP contribution in [0.3, 0.4) is 0 Å². The quantitative estimate of drug-likeness (QED) is 0.184. The molecular weight excluding hydrogens is 597 g/mol. The molecule has 3 nitrogen and oxygen atoms in total. The first-order valence-corrected chi connectivity index (χ1v) is 16.5. The molecule has 0 aliphatic rings. The fourth-order valence-electron chi connectivity index (χ4n) is 6.58. The van der Waals surface area contributed by atoms with Gasteiger partial charge >= 0.3 is 0 Å². The van der Waals surface area contributed by atoms with Crippen molar-refractivity contribution in [1.29, 1.82) is 0 Å². The number of furan rings is 1. The van der Waals surface area contributed by atoms with Gasteiger partial charge in [0.1, 0.15) is 11.2 Å². The van der Waals surface area contributed by atoms with E-state index in [2.05, 4.69) is 145 Å². The number of hydrogen-bond acceptors (Lipinski definition) is 3.